The van der Waals surface area contributed by atoms with Gasteiger partial charge in [0, 0.05) is 10.4 Å². The van der Waals surface area contributed by atoms with Crippen molar-refractivity contribution in [2.24, 2.45) is 11.8 Å². The van der Waals surface area contributed by atoms with E-state index in [1.807, 2.05) is 12.1 Å². The molecule has 176 valence electrons. The predicted octanol–water partition coefficient (Wildman–Crippen LogP) is 7.01. The highest BCUT2D eigenvalue weighted by molar-refractivity contribution is 6.58. The fourth-order valence-electron chi connectivity index (χ4n) is 7.57. The first-order valence-electron chi connectivity index (χ1n) is 13.4. The average Bonchev–Trinajstić information content (AvgIpc) is 3.03. The average molecular weight is 465 g/mol. The zero-order valence-electron chi connectivity index (χ0n) is 19.9. The van der Waals surface area contributed by atoms with Gasteiger partial charge in [-0.05, 0) is 77.4 Å². The van der Waals surface area contributed by atoms with Crippen LogP contribution >= 0.6 is 11.6 Å². The lowest BCUT2D eigenvalue weighted by Crippen LogP contribution is -2.44. The Kier molecular flexibility index (Phi) is 7.21. The zero-order valence-corrected chi connectivity index (χ0v) is 20.6. The van der Waals surface area contributed by atoms with E-state index in [-0.39, 0.29) is 5.41 Å². The molecular formula is C29H38BClO2. The summed E-state index contributed by atoms with van der Waals surface area (Å²) in [7, 11) is -1.44. The van der Waals surface area contributed by atoms with Crippen molar-refractivity contribution >= 4 is 24.2 Å². The van der Waals surface area contributed by atoms with Gasteiger partial charge in [-0.1, -0.05) is 100 Å². The van der Waals surface area contributed by atoms with Crippen molar-refractivity contribution < 1.29 is 10.0 Å². The largest absolute Gasteiger partial charge is 0.488 e. The second-order valence-corrected chi connectivity index (χ2v) is 11.3. The van der Waals surface area contributed by atoms with Crippen LogP contribution < -0.4 is 5.46 Å². The molecule has 5 rings (SSSR count). The molecule has 0 heterocycles. The monoisotopic (exact) mass is 464 g/mol. The highest BCUT2D eigenvalue weighted by Gasteiger charge is 2.52. The summed E-state index contributed by atoms with van der Waals surface area (Å²) in [4.78, 5) is 0. The number of fused-ring (bicyclic) bond motifs is 3. The molecule has 2 aromatic carbocycles. The molecule has 0 unspecified atom stereocenters. The molecule has 0 aromatic heterocycles. The summed E-state index contributed by atoms with van der Waals surface area (Å²) in [6.45, 7) is 0. The van der Waals surface area contributed by atoms with E-state index >= 15 is 0 Å². The van der Waals surface area contributed by atoms with Gasteiger partial charge in [-0.25, -0.2) is 0 Å². The first kappa shape index (κ1) is 23.5. The molecule has 2 fully saturated rings. The van der Waals surface area contributed by atoms with E-state index in [9.17, 15) is 10.0 Å². The van der Waals surface area contributed by atoms with Crippen molar-refractivity contribution in [2.45, 2.75) is 95.3 Å². The van der Waals surface area contributed by atoms with E-state index < -0.39 is 7.12 Å². The molecule has 0 bridgehead atoms. The molecule has 0 atom stereocenters. The van der Waals surface area contributed by atoms with Crippen molar-refractivity contribution in [2.75, 3.05) is 0 Å². The maximum atomic E-state index is 10.1. The highest BCUT2D eigenvalue weighted by Crippen LogP contribution is 2.61. The molecular weight excluding hydrogens is 427 g/mol. The maximum absolute atomic E-state index is 10.1. The second kappa shape index (κ2) is 10.1. The molecule has 0 spiro atoms. The first-order chi connectivity index (χ1) is 16.1. The number of halogens is 1. The number of benzene rings is 2. The van der Waals surface area contributed by atoms with Crippen LogP contribution in [0.15, 0.2) is 36.4 Å². The van der Waals surface area contributed by atoms with Gasteiger partial charge in [0.25, 0.3) is 0 Å². The minimum absolute atomic E-state index is 0.0743. The fraction of sp³-hybridized carbons (Fsp3) is 0.586. The summed E-state index contributed by atoms with van der Waals surface area (Å²) in [6.07, 6.45) is 18.3. The SMILES string of the molecule is OB(O)c1ccc2c(c1)C(C1CCCCCCC1)(C1CCCCCCC1)c1cc(Cl)ccc1-2. The molecule has 2 saturated carbocycles. The molecule has 0 aliphatic heterocycles. The van der Waals surface area contributed by atoms with Gasteiger partial charge in [-0.2, -0.15) is 0 Å². The van der Waals surface area contributed by atoms with Crippen LogP contribution in [0.2, 0.25) is 5.02 Å². The van der Waals surface area contributed by atoms with Crippen molar-refractivity contribution in [3.05, 3.63) is 52.5 Å². The van der Waals surface area contributed by atoms with E-state index in [0.29, 0.717) is 17.3 Å². The lowest BCUT2D eigenvalue weighted by Gasteiger charge is -2.47. The van der Waals surface area contributed by atoms with Crippen molar-refractivity contribution in [1.82, 2.24) is 0 Å². The van der Waals surface area contributed by atoms with Crippen LogP contribution in [0.25, 0.3) is 11.1 Å². The van der Waals surface area contributed by atoms with E-state index in [1.165, 1.54) is 112 Å². The Hall–Kier alpha value is -1.29. The normalized spacial score (nSPS) is 21.9. The third-order valence-electron chi connectivity index (χ3n) is 9.00. The quantitative estimate of drug-likeness (QED) is 0.480. The third kappa shape index (κ3) is 4.30. The Morgan fingerprint density at radius 1 is 0.636 bits per heavy atom. The van der Waals surface area contributed by atoms with Crippen LogP contribution in [-0.2, 0) is 5.41 Å². The molecule has 3 aliphatic rings. The lowest BCUT2D eigenvalue weighted by atomic mass is 9.55. The molecule has 2 nitrogen and oxygen atoms in total. The molecule has 4 heteroatoms. The van der Waals surface area contributed by atoms with Gasteiger partial charge >= 0.3 is 7.12 Å². The minimum Gasteiger partial charge on any atom is -0.423 e. The third-order valence-corrected chi connectivity index (χ3v) is 9.24. The Balaban J connectivity index is 1.76. The molecule has 33 heavy (non-hydrogen) atoms. The van der Waals surface area contributed by atoms with Gasteiger partial charge in [-0.3, -0.25) is 0 Å². The maximum Gasteiger partial charge on any atom is 0.488 e. The zero-order chi connectivity index (χ0) is 22.8. The Morgan fingerprint density at radius 2 is 1.09 bits per heavy atom. The van der Waals surface area contributed by atoms with Crippen LogP contribution in [0.4, 0.5) is 0 Å². The van der Waals surface area contributed by atoms with E-state index in [0.717, 1.165) is 5.02 Å². The molecule has 3 aliphatic carbocycles. The molecule has 2 N–H and O–H groups in total. The van der Waals surface area contributed by atoms with Crippen molar-refractivity contribution in [3.8, 4) is 11.1 Å². The topological polar surface area (TPSA) is 40.5 Å². The first-order valence-corrected chi connectivity index (χ1v) is 13.8. The Morgan fingerprint density at radius 3 is 1.61 bits per heavy atom. The summed E-state index contributed by atoms with van der Waals surface area (Å²) in [5, 5.41) is 21.0. The van der Waals surface area contributed by atoms with Crippen LogP contribution in [0.5, 0.6) is 0 Å². The van der Waals surface area contributed by atoms with Crippen LogP contribution in [0, 0.1) is 11.8 Å². The Bertz CT molecular complexity index is 934. The number of rotatable bonds is 3. The van der Waals surface area contributed by atoms with Crippen LogP contribution in [0.1, 0.15) is 101 Å². The van der Waals surface area contributed by atoms with Gasteiger partial charge in [0.2, 0.25) is 0 Å². The lowest BCUT2D eigenvalue weighted by molar-refractivity contribution is 0.154. The van der Waals surface area contributed by atoms with Gasteiger partial charge in [0.1, 0.15) is 0 Å². The predicted molar refractivity (Wildman–Crippen MR) is 139 cm³/mol. The fourth-order valence-corrected chi connectivity index (χ4v) is 7.75. The van der Waals surface area contributed by atoms with Gasteiger partial charge in [-0.15, -0.1) is 0 Å². The summed E-state index contributed by atoms with van der Waals surface area (Å²) in [6, 6.07) is 12.7. The van der Waals surface area contributed by atoms with Crippen LogP contribution in [0.3, 0.4) is 0 Å². The number of hydrogen-bond acceptors (Lipinski definition) is 2. The summed E-state index contributed by atoms with van der Waals surface area (Å²) in [5.41, 5.74) is 5.92. The molecule has 2 aromatic rings. The van der Waals surface area contributed by atoms with Crippen LogP contribution in [-0.4, -0.2) is 17.2 Å². The van der Waals surface area contributed by atoms with Crippen molar-refractivity contribution in [1.29, 1.82) is 0 Å². The van der Waals surface area contributed by atoms with Gasteiger partial charge in [0.05, 0.1) is 0 Å². The van der Waals surface area contributed by atoms with Gasteiger partial charge in [0.15, 0.2) is 0 Å². The summed E-state index contributed by atoms with van der Waals surface area (Å²) in [5.74, 6) is 1.15. The second-order valence-electron chi connectivity index (χ2n) is 10.8. The van der Waals surface area contributed by atoms with E-state index in [2.05, 4.69) is 24.3 Å². The minimum atomic E-state index is -1.44. The van der Waals surface area contributed by atoms with Gasteiger partial charge < -0.3 is 10.0 Å². The molecule has 0 radical (unpaired) electrons. The standard InChI is InChI=1S/C29H38BClO2/c31-24-16-18-26-25-17-15-23(30(32)33)19-27(25)29(28(26)20-24,21-11-7-3-1-4-8-12-21)22-13-9-5-2-6-10-14-22/h15-22,32-33H,1-14H2. The number of hydrogen-bond donors (Lipinski definition) is 2. The van der Waals surface area contributed by atoms with E-state index in [4.69, 9.17) is 11.6 Å². The van der Waals surface area contributed by atoms with Crippen molar-refractivity contribution in [3.63, 3.8) is 0 Å². The summed E-state index contributed by atoms with van der Waals surface area (Å²) >= 11 is 6.69. The van der Waals surface area contributed by atoms with E-state index in [1.54, 1.807) is 0 Å². The molecule has 0 saturated heterocycles. The smallest absolute Gasteiger partial charge is 0.423 e. The molecule has 0 amide bonds. The Labute approximate surface area is 204 Å². The summed E-state index contributed by atoms with van der Waals surface area (Å²) < 4.78 is 0. The highest BCUT2D eigenvalue weighted by atomic mass is 35.5.